The number of carbonyl (C=O) groups excluding carboxylic acids is 1. The van der Waals surface area contributed by atoms with Gasteiger partial charge in [0.15, 0.2) is 0 Å². The minimum absolute atomic E-state index is 0.111. The van der Waals surface area contributed by atoms with Gasteiger partial charge in [-0.05, 0) is 67.1 Å². The SMILES string of the molecule is CCC[C@H]1Cc2ncc(-c3cc(NC(=O)c4ccnc(C(F)(F)F)c4)ccc3C)cc2N2CCOC[C@H]12. The monoisotopic (exact) mass is 510 g/mol. The van der Waals surface area contributed by atoms with Gasteiger partial charge in [-0.2, -0.15) is 13.2 Å². The topological polar surface area (TPSA) is 67.4 Å². The van der Waals surface area contributed by atoms with Gasteiger partial charge in [-0.15, -0.1) is 0 Å². The van der Waals surface area contributed by atoms with E-state index in [2.05, 4.69) is 28.2 Å². The summed E-state index contributed by atoms with van der Waals surface area (Å²) in [5.74, 6) is -0.119. The van der Waals surface area contributed by atoms with Gasteiger partial charge in [0.05, 0.1) is 30.6 Å². The van der Waals surface area contributed by atoms with Crippen LogP contribution < -0.4 is 10.2 Å². The van der Waals surface area contributed by atoms with E-state index in [-0.39, 0.29) is 5.56 Å². The summed E-state index contributed by atoms with van der Waals surface area (Å²) in [4.78, 5) is 23.3. The van der Waals surface area contributed by atoms with Crippen molar-refractivity contribution in [3.05, 3.63) is 71.3 Å². The summed E-state index contributed by atoms with van der Waals surface area (Å²) in [5.41, 5.74) is 4.33. The summed E-state index contributed by atoms with van der Waals surface area (Å²) in [6.45, 7) is 6.42. The van der Waals surface area contributed by atoms with Crippen LogP contribution in [-0.4, -0.2) is 41.7 Å². The fraction of sp³-hybridized carbons (Fsp3) is 0.393. The Morgan fingerprint density at radius 1 is 1.19 bits per heavy atom. The number of aromatic nitrogens is 2. The molecule has 3 aromatic rings. The molecular weight excluding hydrogens is 481 g/mol. The molecule has 1 amide bonds. The van der Waals surface area contributed by atoms with E-state index < -0.39 is 17.8 Å². The van der Waals surface area contributed by atoms with Crippen molar-refractivity contribution in [1.29, 1.82) is 0 Å². The Kier molecular flexibility index (Phi) is 6.90. The second kappa shape index (κ2) is 10.1. The van der Waals surface area contributed by atoms with Gasteiger partial charge in [0, 0.05) is 35.8 Å². The van der Waals surface area contributed by atoms with E-state index in [9.17, 15) is 18.0 Å². The molecule has 194 valence electrons. The number of hydrogen-bond donors (Lipinski definition) is 1. The van der Waals surface area contributed by atoms with Gasteiger partial charge >= 0.3 is 6.18 Å². The molecule has 1 saturated heterocycles. The van der Waals surface area contributed by atoms with Gasteiger partial charge in [-0.25, -0.2) is 0 Å². The average molecular weight is 511 g/mol. The molecule has 2 atom stereocenters. The second-order valence-electron chi connectivity index (χ2n) is 9.69. The molecule has 2 aromatic heterocycles. The summed E-state index contributed by atoms with van der Waals surface area (Å²) in [7, 11) is 0. The third kappa shape index (κ3) is 5.18. The van der Waals surface area contributed by atoms with Crippen molar-refractivity contribution in [3.8, 4) is 11.1 Å². The van der Waals surface area contributed by atoms with Gasteiger partial charge in [0.1, 0.15) is 5.69 Å². The number of amides is 1. The van der Waals surface area contributed by atoms with Crippen LogP contribution >= 0.6 is 0 Å². The van der Waals surface area contributed by atoms with Crippen LogP contribution in [0.5, 0.6) is 0 Å². The lowest BCUT2D eigenvalue weighted by molar-refractivity contribution is -0.141. The summed E-state index contributed by atoms with van der Waals surface area (Å²) in [6, 6.07) is 9.97. The molecule has 0 bridgehead atoms. The lowest BCUT2D eigenvalue weighted by Gasteiger charge is -2.46. The lowest BCUT2D eigenvalue weighted by Crippen LogP contribution is -2.53. The van der Waals surface area contributed by atoms with E-state index in [1.165, 1.54) is 6.07 Å². The number of morpholine rings is 1. The molecule has 0 saturated carbocycles. The molecule has 0 unspecified atom stereocenters. The Bertz CT molecular complexity index is 1310. The van der Waals surface area contributed by atoms with Crippen molar-refractivity contribution in [2.75, 3.05) is 30.0 Å². The number of anilines is 2. The molecule has 9 heteroatoms. The zero-order valence-corrected chi connectivity index (χ0v) is 20.8. The zero-order chi connectivity index (χ0) is 26.2. The summed E-state index contributed by atoms with van der Waals surface area (Å²) >= 11 is 0. The number of halogens is 3. The van der Waals surface area contributed by atoms with E-state index in [0.29, 0.717) is 24.3 Å². The molecule has 0 radical (unpaired) electrons. The number of nitrogens with zero attached hydrogens (tertiary/aromatic N) is 3. The highest BCUT2D eigenvalue weighted by Gasteiger charge is 2.37. The number of pyridine rings is 2. The van der Waals surface area contributed by atoms with Crippen LogP contribution in [0.2, 0.25) is 0 Å². The van der Waals surface area contributed by atoms with Crippen molar-refractivity contribution in [2.24, 2.45) is 5.92 Å². The van der Waals surface area contributed by atoms with Gasteiger partial charge in [0.2, 0.25) is 0 Å². The Labute approximate surface area is 213 Å². The molecule has 37 heavy (non-hydrogen) atoms. The third-order valence-electron chi connectivity index (χ3n) is 7.20. The number of ether oxygens (including phenoxy) is 1. The highest BCUT2D eigenvalue weighted by atomic mass is 19.4. The predicted octanol–water partition coefficient (Wildman–Crippen LogP) is 5.90. The van der Waals surface area contributed by atoms with E-state index in [0.717, 1.165) is 72.7 Å². The number of aryl methyl sites for hydroxylation is 1. The summed E-state index contributed by atoms with van der Waals surface area (Å²) in [6.07, 6.45) is 1.42. The molecule has 0 aliphatic carbocycles. The van der Waals surface area contributed by atoms with Gasteiger partial charge in [0.25, 0.3) is 5.91 Å². The molecule has 5 rings (SSSR count). The number of fused-ring (bicyclic) bond motifs is 3. The standard InChI is InChI=1S/C28H29F3N4O2/c1-3-4-18-11-23-24(35-9-10-37-16-25(18)35)12-20(15-33-23)22-14-21(6-5-17(22)2)34-27(36)19-7-8-32-26(13-19)28(29,30)31/h5-8,12-15,18,25H,3-4,9-11,16H2,1-2H3,(H,34,36)/t18-,25+/m0/s1. The molecule has 0 spiro atoms. The molecular formula is C28H29F3N4O2. The highest BCUT2D eigenvalue weighted by Crippen LogP contribution is 2.39. The van der Waals surface area contributed by atoms with Crippen molar-refractivity contribution >= 4 is 17.3 Å². The summed E-state index contributed by atoms with van der Waals surface area (Å²) in [5, 5.41) is 2.72. The largest absolute Gasteiger partial charge is 0.433 e. The minimum atomic E-state index is -4.62. The van der Waals surface area contributed by atoms with Gasteiger partial charge in [-0.3, -0.25) is 14.8 Å². The number of rotatable bonds is 5. The Morgan fingerprint density at radius 2 is 2.03 bits per heavy atom. The van der Waals surface area contributed by atoms with Crippen LogP contribution in [0.25, 0.3) is 11.1 Å². The Balaban J connectivity index is 1.43. The second-order valence-corrected chi connectivity index (χ2v) is 9.69. The fourth-order valence-corrected chi connectivity index (χ4v) is 5.34. The van der Waals surface area contributed by atoms with E-state index in [1.807, 2.05) is 25.3 Å². The van der Waals surface area contributed by atoms with E-state index in [1.54, 1.807) is 6.07 Å². The highest BCUT2D eigenvalue weighted by molar-refractivity contribution is 6.04. The third-order valence-corrected chi connectivity index (χ3v) is 7.20. The fourth-order valence-electron chi connectivity index (χ4n) is 5.34. The van der Waals surface area contributed by atoms with Crippen LogP contribution in [0.1, 0.15) is 47.1 Å². The molecule has 1 aromatic carbocycles. The van der Waals surface area contributed by atoms with Crippen LogP contribution in [0, 0.1) is 12.8 Å². The normalized spacial score (nSPS) is 19.2. The first-order valence-corrected chi connectivity index (χ1v) is 12.5. The van der Waals surface area contributed by atoms with Gasteiger partial charge < -0.3 is 15.0 Å². The maximum Gasteiger partial charge on any atom is 0.433 e. The van der Waals surface area contributed by atoms with Crippen molar-refractivity contribution < 1.29 is 22.7 Å². The van der Waals surface area contributed by atoms with Crippen molar-refractivity contribution in [1.82, 2.24) is 9.97 Å². The molecule has 2 aliphatic heterocycles. The Hall–Kier alpha value is -3.46. The van der Waals surface area contributed by atoms with Crippen LogP contribution in [-0.2, 0) is 17.3 Å². The van der Waals surface area contributed by atoms with Crippen LogP contribution in [0.3, 0.4) is 0 Å². The first-order chi connectivity index (χ1) is 17.7. The molecule has 1 N–H and O–H groups in total. The first kappa shape index (κ1) is 25.2. The number of nitrogens with one attached hydrogen (secondary N) is 1. The molecule has 6 nitrogen and oxygen atoms in total. The molecule has 4 heterocycles. The molecule has 1 fully saturated rings. The summed E-state index contributed by atoms with van der Waals surface area (Å²) < 4.78 is 44.9. The van der Waals surface area contributed by atoms with Crippen LogP contribution in [0.4, 0.5) is 24.5 Å². The minimum Gasteiger partial charge on any atom is -0.377 e. The van der Waals surface area contributed by atoms with E-state index in [4.69, 9.17) is 9.72 Å². The average Bonchev–Trinajstić information content (AvgIpc) is 2.89. The smallest absolute Gasteiger partial charge is 0.377 e. The predicted molar refractivity (Wildman–Crippen MR) is 136 cm³/mol. The maximum absolute atomic E-state index is 13.0. The zero-order valence-electron chi connectivity index (χ0n) is 20.8. The van der Waals surface area contributed by atoms with Gasteiger partial charge in [-0.1, -0.05) is 19.4 Å². The lowest BCUT2D eigenvalue weighted by atomic mass is 9.84. The van der Waals surface area contributed by atoms with Crippen LogP contribution in [0.15, 0.2) is 48.8 Å². The van der Waals surface area contributed by atoms with Crippen molar-refractivity contribution in [2.45, 2.75) is 45.3 Å². The maximum atomic E-state index is 13.0. The van der Waals surface area contributed by atoms with Crippen molar-refractivity contribution in [3.63, 3.8) is 0 Å². The number of benzene rings is 1. The quantitative estimate of drug-likeness (QED) is 0.463. The number of carbonyl (C=O) groups is 1. The number of alkyl halides is 3. The first-order valence-electron chi connectivity index (χ1n) is 12.5. The van der Waals surface area contributed by atoms with E-state index >= 15 is 0 Å². The number of hydrogen-bond acceptors (Lipinski definition) is 5. The Morgan fingerprint density at radius 3 is 2.81 bits per heavy atom. The molecule has 2 aliphatic rings.